The Hall–Kier alpha value is -3.35. The number of nitrogens with zero attached hydrogens (tertiary/aromatic N) is 3. The predicted octanol–water partition coefficient (Wildman–Crippen LogP) is 6.72. The lowest BCUT2D eigenvalue weighted by atomic mass is 9.96. The van der Waals surface area contributed by atoms with Crippen molar-refractivity contribution in [3.05, 3.63) is 107 Å². The molecule has 0 spiro atoms. The van der Waals surface area contributed by atoms with E-state index < -0.39 is 0 Å². The van der Waals surface area contributed by atoms with Crippen molar-refractivity contribution in [2.45, 2.75) is 32.9 Å². The Morgan fingerprint density at radius 2 is 1.77 bits per heavy atom. The number of thiocarbonyl (C=S) groups is 1. The molecule has 0 aliphatic carbocycles. The SMILES string of the molecule is CCOc1ccc(N2C(=S)NC(c3ccccn3)C2c2cc(C)n(-c3ccccc3Cl)c2C)cc1. The number of nitrogens with one attached hydrogen (secondary N) is 1. The average molecular weight is 503 g/mol. The maximum Gasteiger partial charge on any atom is 0.174 e. The van der Waals surface area contributed by atoms with Gasteiger partial charge in [0.15, 0.2) is 5.11 Å². The first-order valence-corrected chi connectivity index (χ1v) is 12.5. The summed E-state index contributed by atoms with van der Waals surface area (Å²) in [7, 11) is 0. The van der Waals surface area contributed by atoms with Gasteiger partial charge in [0.25, 0.3) is 0 Å². The zero-order valence-corrected chi connectivity index (χ0v) is 21.5. The van der Waals surface area contributed by atoms with Crippen molar-refractivity contribution < 1.29 is 4.74 Å². The molecule has 2 aromatic carbocycles. The molecule has 35 heavy (non-hydrogen) atoms. The molecule has 7 heteroatoms. The summed E-state index contributed by atoms with van der Waals surface area (Å²) < 4.78 is 7.87. The Labute approximate surface area is 216 Å². The average Bonchev–Trinajstić information content (AvgIpc) is 3.36. The summed E-state index contributed by atoms with van der Waals surface area (Å²) in [4.78, 5) is 6.86. The molecule has 0 amide bonds. The summed E-state index contributed by atoms with van der Waals surface area (Å²) in [6.45, 7) is 6.85. The third kappa shape index (κ3) is 4.28. The van der Waals surface area contributed by atoms with E-state index >= 15 is 0 Å². The molecule has 178 valence electrons. The van der Waals surface area contributed by atoms with Gasteiger partial charge < -0.3 is 19.5 Å². The fourth-order valence-corrected chi connectivity index (χ4v) is 5.48. The van der Waals surface area contributed by atoms with E-state index in [1.165, 1.54) is 5.56 Å². The highest BCUT2D eigenvalue weighted by atomic mass is 35.5. The van der Waals surface area contributed by atoms with Gasteiger partial charge in [-0.2, -0.15) is 0 Å². The van der Waals surface area contributed by atoms with Crippen molar-refractivity contribution >= 4 is 34.6 Å². The molecule has 5 nitrogen and oxygen atoms in total. The molecule has 1 aliphatic rings. The van der Waals surface area contributed by atoms with Gasteiger partial charge in [-0.05, 0) is 93.1 Å². The van der Waals surface area contributed by atoms with Gasteiger partial charge in [0.2, 0.25) is 0 Å². The van der Waals surface area contributed by atoms with E-state index in [4.69, 9.17) is 28.6 Å². The Kier molecular flexibility index (Phi) is 6.50. The van der Waals surface area contributed by atoms with E-state index in [-0.39, 0.29) is 12.1 Å². The van der Waals surface area contributed by atoms with Gasteiger partial charge >= 0.3 is 0 Å². The highest BCUT2D eigenvalue weighted by Gasteiger charge is 2.42. The van der Waals surface area contributed by atoms with Gasteiger partial charge in [0, 0.05) is 23.3 Å². The third-order valence-electron chi connectivity index (χ3n) is 6.41. The lowest BCUT2D eigenvalue weighted by molar-refractivity contribution is 0.340. The molecule has 3 heterocycles. The monoisotopic (exact) mass is 502 g/mol. The maximum atomic E-state index is 6.60. The summed E-state index contributed by atoms with van der Waals surface area (Å²) in [5.41, 5.74) is 6.29. The van der Waals surface area contributed by atoms with Gasteiger partial charge in [-0.25, -0.2) is 0 Å². The second kappa shape index (κ2) is 9.72. The molecule has 0 bridgehead atoms. The second-order valence-electron chi connectivity index (χ2n) is 8.54. The lowest BCUT2D eigenvalue weighted by Gasteiger charge is -2.28. The van der Waals surface area contributed by atoms with Crippen LogP contribution in [0.25, 0.3) is 5.69 Å². The number of aromatic nitrogens is 2. The Morgan fingerprint density at radius 1 is 1.03 bits per heavy atom. The Bertz CT molecular complexity index is 1350. The third-order valence-corrected chi connectivity index (χ3v) is 7.04. The molecule has 2 aromatic heterocycles. The van der Waals surface area contributed by atoms with E-state index in [0.29, 0.717) is 16.7 Å². The largest absolute Gasteiger partial charge is 0.494 e. The van der Waals surface area contributed by atoms with E-state index in [1.807, 2.05) is 67.7 Å². The van der Waals surface area contributed by atoms with Gasteiger partial charge in [0.05, 0.1) is 35.1 Å². The lowest BCUT2D eigenvalue weighted by Crippen LogP contribution is -2.29. The quantitative estimate of drug-likeness (QED) is 0.296. The van der Waals surface area contributed by atoms with Crippen molar-refractivity contribution in [3.63, 3.8) is 0 Å². The normalized spacial score (nSPS) is 17.5. The highest BCUT2D eigenvalue weighted by molar-refractivity contribution is 7.80. The minimum Gasteiger partial charge on any atom is -0.494 e. The standard InChI is InChI=1S/C28H27ClN4OS/c1-4-34-21-14-12-20(13-15-21)33-27(26(31-28(33)35)24-10-7-8-16-30-24)22-17-18(2)32(19(22)3)25-11-6-5-9-23(25)29/h5-17,26-27H,4H2,1-3H3,(H,31,35). The number of ether oxygens (including phenoxy) is 1. The van der Waals surface area contributed by atoms with Crippen molar-refractivity contribution in [2.24, 2.45) is 0 Å². The predicted molar refractivity (Wildman–Crippen MR) is 146 cm³/mol. The van der Waals surface area contributed by atoms with Crippen LogP contribution >= 0.6 is 23.8 Å². The van der Waals surface area contributed by atoms with Crippen LogP contribution < -0.4 is 15.0 Å². The second-order valence-corrected chi connectivity index (χ2v) is 9.33. The van der Waals surface area contributed by atoms with Gasteiger partial charge in [-0.1, -0.05) is 29.8 Å². The zero-order valence-electron chi connectivity index (χ0n) is 19.9. The van der Waals surface area contributed by atoms with Crippen LogP contribution in [0, 0.1) is 13.8 Å². The molecule has 1 aliphatic heterocycles. The molecule has 1 fully saturated rings. The first-order valence-electron chi connectivity index (χ1n) is 11.7. The molecule has 0 saturated carbocycles. The van der Waals surface area contributed by atoms with Crippen LogP contribution in [0.1, 0.15) is 41.7 Å². The van der Waals surface area contributed by atoms with E-state index in [9.17, 15) is 0 Å². The van der Waals surface area contributed by atoms with Crippen molar-refractivity contribution in [3.8, 4) is 11.4 Å². The van der Waals surface area contributed by atoms with Crippen LogP contribution in [0.5, 0.6) is 5.75 Å². The zero-order chi connectivity index (χ0) is 24.5. The van der Waals surface area contributed by atoms with E-state index in [2.05, 4.69) is 51.8 Å². The summed E-state index contributed by atoms with van der Waals surface area (Å²) in [6.07, 6.45) is 1.82. The first-order chi connectivity index (χ1) is 17.0. The molecule has 1 saturated heterocycles. The van der Waals surface area contributed by atoms with Crippen LogP contribution in [-0.4, -0.2) is 21.3 Å². The number of rotatable bonds is 6. The smallest absolute Gasteiger partial charge is 0.174 e. The van der Waals surface area contributed by atoms with Crippen LogP contribution in [0.3, 0.4) is 0 Å². The summed E-state index contributed by atoms with van der Waals surface area (Å²) in [6, 6.07) is 24.0. The number of pyridine rings is 1. The fraction of sp³-hybridized carbons (Fsp3) is 0.214. The van der Waals surface area contributed by atoms with Gasteiger partial charge in [-0.15, -0.1) is 0 Å². The topological polar surface area (TPSA) is 42.3 Å². The molecule has 2 unspecified atom stereocenters. The first kappa shape index (κ1) is 23.4. The number of anilines is 1. The Balaban J connectivity index is 1.65. The van der Waals surface area contributed by atoms with Crippen LogP contribution in [-0.2, 0) is 0 Å². The number of halogens is 1. The minimum absolute atomic E-state index is 0.0993. The number of hydrogen-bond donors (Lipinski definition) is 1. The molecule has 1 N–H and O–H groups in total. The summed E-state index contributed by atoms with van der Waals surface area (Å²) in [5, 5.41) is 4.92. The van der Waals surface area contributed by atoms with Crippen molar-refractivity contribution in [1.82, 2.24) is 14.9 Å². The Morgan fingerprint density at radius 3 is 2.46 bits per heavy atom. The number of hydrogen-bond acceptors (Lipinski definition) is 3. The number of benzene rings is 2. The summed E-state index contributed by atoms with van der Waals surface area (Å²) in [5.74, 6) is 0.837. The summed E-state index contributed by atoms with van der Waals surface area (Å²) >= 11 is 12.5. The maximum absolute atomic E-state index is 6.60. The van der Waals surface area contributed by atoms with Crippen molar-refractivity contribution in [2.75, 3.05) is 11.5 Å². The molecule has 2 atom stereocenters. The van der Waals surface area contributed by atoms with E-state index in [0.717, 1.165) is 34.2 Å². The van der Waals surface area contributed by atoms with Gasteiger partial charge in [-0.3, -0.25) is 4.98 Å². The van der Waals surface area contributed by atoms with Crippen LogP contribution in [0.4, 0.5) is 5.69 Å². The fourth-order valence-electron chi connectivity index (χ4n) is 4.91. The van der Waals surface area contributed by atoms with E-state index in [1.54, 1.807) is 0 Å². The number of para-hydroxylation sites is 1. The molecular weight excluding hydrogens is 476 g/mol. The van der Waals surface area contributed by atoms with Gasteiger partial charge in [0.1, 0.15) is 5.75 Å². The molecular formula is C28H27ClN4OS. The molecule has 0 radical (unpaired) electrons. The van der Waals surface area contributed by atoms with Crippen LogP contribution in [0.2, 0.25) is 5.02 Å². The molecule has 5 rings (SSSR count). The van der Waals surface area contributed by atoms with Crippen molar-refractivity contribution in [1.29, 1.82) is 0 Å². The molecule has 4 aromatic rings. The highest BCUT2D eigenvalue weighted by Crippen LogP contribution is 2.44. The number of aryl methyl sites for hydroxylation is 1. The minimum atomic E-state index is -0.115. The van der Waals surface area contributed by atoms with Crippen LogP contribution in [0.15, 0.2) is 79.0 Å².